The van der Waals surface area contributed by atoms with Crippen LogP contribution in [-0.4, -0.2) is 29.2 Å². The van der Waals surface area contributed by atoms with Crippen LogP contribution in [0.2, 0.25) is 0 Å². The van der Waals surface area contributed by atoms with Gasteiger partial charge in [0.25, 0.3) is 11.1 Å². The molecule has 1 unspecified atom stereocenters. The van der Waals surface area contributed by atoms with Crippen LogP contribution >= 0.6 is 11.8 Å². The van der Waals surface area contributed by atoms with E-state index < -0.39 is 6.10 Å². The highest BCUT2D eigenvalue weighted by atomic mass is 32.2. The molecule has 2 aromatic carbocycles. The summed E-state index contributed by atoms with van der Waals surface area (Å²) >= 11 is 1.33. The third-order valence-electron chi connectivity index (χ3n) is 3.61. The standard InChI is InChI=1S/C18H15FN2O4S/c19-12-5-1-2-6-13(12)22-9-10-26-18-21-20-17(25-18)16-11-23-14-7-3-4-8-15(14)24-16/h1-8,16H,9-11H2. The molecule has 8 heteroatoms. The van der Waals surface area contributed by atoms with Crippen molar-refractivity contribution in [3.8, 4) is 17.2 Å². The minimum absolute atomic E-state index is 0.228. The second-order valence-electron chi connectivity index (χ2n) is 5.40. The Kier molecular flexibility index (Phi) is 4.92. The number of rotatable bonds is 6. The van der Waals surface area contributed by atoms with Crippen LogP contribution in [-0.2, 0) is 0 Å². The summed E-state index contributed by atoms with van der Waals surface area (Å²) in [5, 5.41) is 8.41. The Morgan fingerprint density at radius 2 is 1.88 bits per heavy atom. The predicted octanol–water partition coefficient (Wildman–Crippen LogP) is 3.89. The third kappa shape index (κ3) is 3.75. The fourth-order valence-corrected chi connectivity index (χ4v) is 2.98. The molecule has 0 N–H and O–H groups in total. The van der Waals surface area contributed by atoms with E-state index in [0.29, 0.717) is 41.6 Å². The summed E-state index contributed by atoms with van der Waals surface area (Å²) in [7, 11) is 0. The average Bonchev–Trinajstić information content (AvgIpc) is 3.15. The molecule has 0 radical (unpaired) electrons. The van der Waals surface area contributed by atoms with Gasteiger partial charge in [0.1, 0.15) is 6.61 Å². The van der Waals surface area contributed by atoms with Crippen molar-refractivity contribution in [2.45, 2.75) is 11.3 Å². The molecule has 2 heterocycles. The van der Waals surface area contributed by atoms with Crippen molar-refractivity contribution >= 4 is 11.8 Å². The van der Waals surface area contributed by atoms with Gasteiger partial charge in [0.2, 0.25) is 6.10 Å². The summed E-state index contributed by atoms with van der Waals surface area (Å²) in [6.07, 6.45) is -0.443. The monoisotopic (exact) mass is 374 g/mol. The Morgan fingerprint density at radius 3 is 2.77 bits per heavy atom. The quantitative estimate of drug-likeness (QED) is 0.479. The zero-order chi connectivity index (χ0) is 17.8. The van der Waals surface area contributed by atoms with Crippen molar-refractivity contribution in [1.82, 2.24) is 10.2 Å². The molecule has 0 fully saturated rings. The molecule has 1 aliphatic heterocycles. The first-order chi connectivity index (χ1) is 12.8. The van der Waals surface area contributed by atoms with E-state index in [4.69, 9.17) is 18.6 Å². The molecule has 4 rings (SSSR count). The Labute approximate surface area is 153 Å². The fourth-order valence-electron chi connectivity index (χ4n) is 2.39. The summed E-state index contributed by atoms with van der Waals surface area (Å²) in [6.45, 7) is 0.624. The number of fused-ring (bicyclic) bond motifs is 1. The minimum atomic E-state index is -0.443. The van der Waals surface area contributed by atoms with Gasteiger partial charge in [-0.3, -0.25) is 0 Å². The van der Waals surface area contributed by atoms with Gasteiger partial charge in [0.05, 0.1) is 6.61 Å². The number of hydrogen-bond acceptors (Lipinski definition) is 7. The van der Waals surface area contributed by atoms with E-state index in [1.165, 1.54) is 17.8 Å². The smallest absolute Gasteiger partial charge is 0.276 e. The zero-order valence-electron chi connectivity index (χ0n) is 13.6. The number of ether oxygens (including phenoxy) is 3. The van der Waals surface area contributed by atoms with Gasteiger partial charge in [0, 0.05) is 5.75 Å². The lowest BCUT2D eigenvalue weighted by atomic mass is 10.2. The Morgan fingerprint density at radius 1 is 1.08 bits per heavy atom. The summed E-state index contributed by atoms with van der Waals surface area (Å²) in [6, 6.07) is 13.7. The van der Waals surface area contributed by atoms with Gasteiger partial charge in [-0.1, -0.05) is 36.0 Å². The highest BCUT2D eigenvalue weighted by Gasteiger charge is 2.27. The van der Waals surface area contributed by atoms with Crippen LogP contribution in [0.15, 0.2) is 58.2 Å². The Bertz CT molecular complexity index is 889. The first-order valence-corrected chi connectivity index (χ1v) is 9.00. The minimum Gasteiger partial charge on any atom is -0.490 e. The van der Waals surface area contributed by atoms with E-state index in [9.17, 15) is 4.39 Å². The molecule has 0 amide bonds. The van der Waals surface area contributed by atoms with Gasteiger partial charge in [-0.2, -0.15) is 0 Å². The van der Waals surface area contributed by atoms with E-state index in [1.54, 1.807) is 18.2 Å². The summed E-state index contributed by atoms with van der Waals surface area (Å²) < 4.78 is 35.9. The highest BCUT2D eigenvalue weighted by Crippen LogP contribution is 2.35. The molecule has 0 saturated heterocycles. The lowest BCUT2D eigenvalue weighted by molar-refractivity contribution is 0.0686. The summed E-state index contributed by atoms with van der Waals surface area (Å²) in [5.74, 6) is 2.09. The second-order valence-corrected chi connectivity index (χ2v) is 6.44. The topological polar surface area (TPSA) is 66.6 Å². The molecule has 0 aliphatic carbocycles. The molecule has 0 bridgehead atoms. The number of benzene rings is 2. The van der Waals surface area contributed by atoms with Crippen LogP contribution in [0.4, 0.5) is 4.39 Å². The number of nitrogens with zero attached hydrogens (tertiary/aromatic N) is 2. The van der Waals surface area contributed by atoms with Gasteiger partial charge < -0.3 is 18.6 Å². The van der Waals surface area contributed by atoms with Gasteiger partial charge in [-0.25, -0.2) is 4.39 Å². The third-order valence-corrected chi connectivity index (χ3v) is 4.39. The largest absolute Gasteiger partial charge is 0.490 e. The van der Waals surface area contributed by atoms with E-state index >= 15 is 0 Å². The van der Waals surface area contributed by atoms with Crippen LogP contribution in [0, 0.1) is 5.82 Å². The Balaban J connectivity index is 1.29. The maximum absolute atomic E-state index is 13.5. The molecule has 134 valence electrons. The number of hydrogen-bond donors (Lipinski definition) is 0. The van der Waals surface area contributed by atoms with Gasteiger partial charge in [-0.05, 0) is 24.3 Å². The summed E-state index contributed by atoms with van der Waals surface area (Å²) in [5.41, 5.74) is 0. The molecule has 1 aliphatic rings. The van der Waals surface area contributed by atoms with Crippen molar-refractivity contribution in [3.63, 3.8) is 0 Å². The molecule has 0 saturated carbocycles. The van der Waals surface area contributed by atoms with Crippen LogP contribution in [0.3, 0.4) is 0 Å². The Hall–Kier alpha value is -2.74. The maximum Gasteiger partial charge on any atom is 0.276 e. The zero-order valence-corrected chi connectivity index (χ0v) is 14.4. The molecule has 0 spiro atoms. The molecule has 1 aromatic heterocycles. The number of para-hydroxylation sites is 3. The van der Waals surface area contributed by atoms with E-state index in [-0.39, 0.29) is 11.6 Å². The van der Waals surface area contributed by atoms with Crippen molar-refractivity contribution < 1.29 is 23.0 Å². The van der Waals surface area contributed by atoms with E-state index in [2.05, 4.69) is 10.2 Å². The second kappa shape index (κ2) is 7.65. The van der Waals surface area contributed by atoms with Crippen molar-refractivity contribution in [1.29, 1.82) is 0 Å². The lowest BCUT2D eigenvalue weighted by Crippen LogP contribution is -2.21. The molecular formula is C18H15FN2O4S. The molecule has 26 heavy (non-hydrogen) atoms. The predicted molar refractivity (Wildman–Crippen MR) is 92.2 cm³/mol. The van der Waals surface area contributed by atoms with Crippen LogP contribution in [0.5, 0.6) is 17.2 Å². The molecular weight excluding hydrogens is 359 g/mol. The van der Waals surface area contributed by atoms with Crippen LogP contribution in [0.1, 0.15) is 12.0 Å². The maximum atomic E-state index is 13.5. The van der Waals surface area contributed by atoms with Gasteiger partial charge >= 0.3 is 0 Å². The number of thioether (sulfide) groups is 1. The number of aromatic nitrogens is 2. The van der Waals surface area contributed by atoms with Gasteiger partial charge in [-0.15, -0.1) is 10.2 Å². The van der Waals surface area contributed by atoms with Crippen LogP contribution in [0.25, 0.3) is 0 Å². The molecule has 1 atom stereocenters. The van der Waals surface area contributed by atoms with Crippen LogP contribution < -0.4 is 14.2 Å². The highest BCUT2D eigenvalue weighted by molar-refractivity contribution is 7.99. The molecule has 6 nitrogen and oxygen atoms in total. The first-order valence-electron chi connectivity index (χ1n) is 8.01. The fraction of sp³-hybridized carbons (Fsp3) is 0.222. The number of halogens is 1. The molecule has 3 aromatic rings. The van der Waals surface area contributed by atoms with E-state index in [1.807, 2.05) is 24.3 Å². The van der Waals surface area contributed by atoms with E-state index in [0.717, 1.165) is 0 Å². The lowest BCUT2D eigenvalue weighted by Gasteiger charge is -2.23. The normalized spacial score (nSPS) is 15.7. The first kappa shape index (κ1) is 16.7. The van der Waals surface area contributed by atoms with Gasteiger partial charge in [0.15, 0.2) is 23.1 Å². The van der Waals surface area contributed by atoms with Crippen molar-refractivity contribution in [2.24, 2.45) is 0 Å². The van der Waals surface area contributed by atoms with Crippen molar-refractivity contribution in [3.05, 3.63) is 60.2 Å². The van der Waals surface area contributed by atoms with Crippen molar-refractivity contribution in [2.75, 3.05) is 19.0 Å². The average molecular weight is 374 g/mol. The summed E-state index contributed by atoms with van der Waals surface area (Å²) in [4.78, 5) is 0. The SMILES string of the molecule is Fc1ccccc1OCCSc1nnc(C2COc3ccccc3O2)o1.